The Morgan fingerprint density at radius 2 is 1.94 bits per heavy atom. The predicted octanol–water partition coefficient (Wildman–Crippen LogP) is 3.28. The third kappa shape index (κ3) is 3.44. The average molecular weight is 259 g/mol. The van der Waals surface area contributed by atoms with Crippen molar-refractivity contribution in [1.82, 2.24) is 5.32 Å². The molecule has 0 fully saturated rings. The average Bonchev–Trinajstić information content (AvgIpc) is 2.89. The number of hydrogen-bond donors (Lipinski definition) is 1. The number of carbonyl (C=O) groups is 1. The third-order valence-corrected chi connectivity index (χ3v) is 4.00. The van der Waals surface area contributed by atoms with Gasteiger partial charge in [-0.25, -0.2) is 0 Å². The first-order chi connectivity index (χ1) is 8.79. The number of aryl methyl sites for hydroxylation is 1. The molecule has 0 aliphatic carbocycles. The number of hydrogen-bond acceptors (Lipinski definition) is 2. The maximum atomic E-state index is 11.9. The first-order valence-electron chi connectivity index (χ1n) is 6.20. The molecule has 1 aromatic carbocycles. The number of benzene rings is 1. The first-order valence-corrected chi connectivity index (χ1v) is 7.02. The summed E-state index contributed by atoms with van der Waals surface area (Å²) in [6.45, 7) is 2.78. The molecule has 18 heavy (non-hydrogen) atoms. The highest BCUT2D eigenvalue weighted by Crippen LogP contribution is 2.16. The van der Waals surface area contributed by atoms with E-state index in [-0.39, 0.29) is 5.91 Å². The SMILES string of the molecule is CCc1ccc(C(=O)NCCc2ccccc2)s1. The lowest BCUT2D eigenvalue weighted by molar-refractivity contribution is 0.0958. The fourth-order valence-corrected chi connectivity index (χ4v) is 2.61. The second kappa shape index (κ2) is 6.36. The molecule has 0 aliphatic heterocycles. The Balaban J connectivity index is 1.81. The zero-order chi connectivity index (χ0) is 12.8. The lowest BCUT2D eigenvalue weighted by Crippen LogP contribution is -2.24. The van der Waals surface area contributed by atoms with E-state index in [1.807, 2.05) is 30.3 Å². The fourth-order valence-electron chi connectivity index (χ4n) is 1.74. The molecule has 1 amide bonds. The van der Waals surface area contributed by atoms with Crippen LogP contribution in [0.15, 0.2) is 42.5 Å². The molecular formula is C15H17NOS. The van der Waals surface area contributed by atoms with Gasteiger partial charge in [-0.1, -0.05) is 37.3 Å². The number of carbonyl (C=O) groups excluding carboxylic acids is 1. The number of nitrogens with one attached hydrogen (secondary N) is 1. The summed E-state index contributed by atoms with van der Waals surface area (Å²) in [6, 6.07) is 14.1. The van der Waals surface area contributed by atoms with Gasteiger partial charge in [-0.3, -0.25) is 4.79 Å². The maximum absolute atomic E-state index is 11.9. The van der Waals surface area contributed by atoms with Crippen LogP contribution in [0, 0.1) is 0 Å². The molecule has 2 nitrogen and oxygen atoms in total. The molecule has 0 saturated heterocycles. The van der Waals surface area contributed by atoms with Crippen LogP contribution in [0.25, 0.3) is 0 Å². The van der Waals surface area contributed by atoms with E-state index in [0.717, 1.165) is 17.7 Å². The molecule has 1 aromatic heterocycles. The minimum atomic E-state index is 0.0376. The highest BCUT2D eigenvalue weighted by molar-refractivity contribution is 7.14. The summed E-state index contributed by atoms with van der Waals surface area (Å²) >= 11 is 1.58. The van der Waals surface area contributed by atoms with E-state index in [4.69, 9.17) is 0 Å². The van der Waals surface area contributed by atoms with Gasteiger partial charge in [0.2, 0.25) is 0 Å². The van der Waals surface area contributed by atoms with Gasteiger partial charge >= 0.3 is 0 Å². The van der Waals surface area contributed by atoms with Crippen LogP contribution in [0.4, 0.5) is 0 Å². The van der Waals surface area contributed by atoms with E-state index >= 15 is 0 Å². The Morgan fingerprint density at radius 1 is 1.17 bits per heavy atom. The minimum Gasteiger partial charge on any atom is -0.351 e. The molecule has 0 bridgehead atoms. The topological polar surface area (TPSA) is 29.1 Å². The van der Waals surface area contributed by atoms with Crippen molar-refractivity contribution >= 4 is 17.2 Å². The normalized spacial score (nSPS) is 10.3. The second-order valence-electron chi connectivity index (χ2n) is 4.11. The van der Waals surface area contributed by atoms with Crippen LogP contribution in [-0.4, -0.2) is 12.5 Å². The summed E-state index contributed by atoms with van der Waals surface area (Å²) in [4.78, 5) is 13.9. The molecule has 1 N–H and O–H groups in total. The summed E-state index contributed by atoms with van der Waals surface area (Å²) in [7, 11) is 0. The zero-order valence-corrected chi connectivity index (χ0v) is 11.3. The van der Waals surface area contributed by atoms with Crippen LogP contribution in [0.1, 0.15) is 27.0 Å². The molecule has 3 heteroatoms. The summed E-state index contributed by atoms with van der Waals surface area (Å²) in [5.74, 6) is 0.0376. The minimum absolute atomic E-state index is 0.0376. The number of rotatable bonds is 5. The van der Waals surface area contributed by atoms with Gasteiger partial charge < -0.3 is 5.32 Å². The summed E-state index contributed by atoms with van der Waals surface area (Å²) in [6.07, 6.45) is 1.86. The Bertz CT molecular complexity index is 504. The summed E-state index contributed by atoms with van der Waals surface area (Å²) in [5, 5.41) is 2.96. The Hall–Kier alpha value is -1.61. The molecule has 2 rings (SSSR count). The Kier molecular flexibility index (Phi) is 4.53. The van der Waals surface area contributed by atoms with Crippen LogP contribution in [0.3, 0.4) is 0 Å². The van der Waals surface area contributed by atoms with E-state index in [1.54, 1.807) is 11.3 Å². The molecular weight excluding hydrogens is 242 g/mol. The molecule has 0 aliphatic rings. The van der Waals surface area contributed by atoms with E-state index in [1.165, 1.54) is 10.4 Å². The number of thiophene rings is 1. The standard InChI is InChI=1S/C15H17NOS/c1-2-13-8-9-14(18-13)15(17)16-11-10-12-6-4-3-5-7-12/h3-9H,2,10-11H2,1H3,(H,16,17). The van der Waals surface area contributed by atoms with Crippen LogP contribution < -0.4 is 5.32 Å². The van der Waals surface area contributed by atoms with Crippen molar-refractivity contribution in [1.29, 1.82) is 0 Å². The maximum Gasteiger partial charge on any atom is 0.261 e. The van der Waals surface area contributed by atoms with E-state index in [0.29, 0.717) is 6.54 Å². The van der Waals surface area contributed by atoms with Gasteiger partial charge in [0.25, 0.3) is 5.91 Å². The molecule has 94 valence electrons. The molecule has 0 saturated carbocycles. The Labute approximate surface area is 112 Å². The highest BCUT2D eigenvalue weighted by Gasteiger charge is 2.07. The van der Waals surface area contributed by atoms with Gasteiger partial charge in [-0.2, -0.15) is 0 Å². The van der Waals surface area contributed by atoms with Crippen LogP contribution in [0.5, 0.6) is 0 Å². The van der Waals surface area contributed by atoms with Crippen molar-refractivity contribution in [3.8, 4) is 0 Å². The lowest BCUT2D eigenvalue weighted by Gasteiger charge is -2.03. The molecule has 0 unspecified atom stereocenters. The van der Waals surface area contributed by atoms with Crippen molar-refractivity contribution in [3.63, 3.8) is 0 Å². The second-order valence-corrected chi connectivity index (χ2v) is 5.28. The van der Waals surface area contributed by atoms with Gasteiger partial charge in [-0.15, -0.1) is 11.3 Å². The van der Waals surface area contributed by atoms with Gasteiger partial charge in [0.15, 0.2) is 0 Å². The van der Waals surface area contributed by atoms with Crippen molar-refractivity contribution in [3.05, 3.63) is 57.8 Å². The Morgan fingerprint density at radius 3 is 2.61 bits per heavy atom. The number of amides is 1. The monoisotopic (exact) mass is 259 g/mol. The molecule has 0 radical (unpaired) electrons. The molecule has 0 atom stereocenters. The summed E-state index contributed by atoms with van der Waals surface area (Å²) in [5.41, 5.74) is 1.25. The van der Waals surface area contributed by atoms with Crippen molar-refractivity contribution in [2.75, 3.05) is 6.54 Å². The van der Waals surface area contributed by atoms with Crippen LogP contribution in [0.2, 0.25) is 0 Å². The van der Waals surface area contributed by atoms with Crippen LogP contribution in [-0.2, 0) is 12.8 Å². The molecule has 2 aromatic rings. The fraction of sp³-hybridized carbons (Fsp3) is 0.267. The van der Waals surface area contributed by atoms with E-state index < -0.39 is 0 Å². The first kappa shape index (κ1) is 12.8. The molecule has 1 heterocycles. The van der Waals surface area contributed by atoms with E-state index in [2.05, 4.69) is 24.4 Å². The van der Waals surface area contributed by atoms with Gasteiger partial charge in [0.05, 0.1) is 4.88 Å². The van der Waals surface area contributed by atoms with Gasteiger partial charge in [0.1, 0.15) is 0 Å². The van der Waals surface area contributed by atoms with Gasteiger partial charge in [-0.05, 0) is 30.5 Å². The van der Waals surface area contributed by atoms with Gasteiger partial charge in [0, 0.05) is 11.4 Å². The lowest BCUT2D eigenvalue weighted by atomic mass is 10.1. The van der Waals surface area contributed by atoms with E-state index in [9.17, 15) is 4.79 Å². The smallest absolute Gasteiger partial charge is 0.261 e. The van der Waals surface area contributed by atoms with Crippen molar-refractivity contribution in [2.45, 2.75) is 19.8 Å². The quantitative estimate of drug-likeness (QED) is 0.877. The molecule has 0 spiro atoms. The van der Waals surface area contributed by atoms with Crippen molar-refractivity contribution < 1.29 is 4.79 Å². The largest absolute Gasteiger partial charge is 0.351 e. The summed E-state index contributed by atoms with van der Waals surface area (Å²) < 4.78 is 0. The third-order valence-electron chi connectivity index (χ3n) is 2.78. The van der Waals surface area contributed by atoms with Crippen molar-refractivity contribution in [2.24, 2.45) is 0 Å². The van der Waals surface area contributed by atoms with Crippen LogP contribution >= 0.6 is 11.3 Å². The predicted molar refractivity (Wildman–Crippen MR) is 76.2 cm³/mol. The highest BCUT2D eigenvalue weighted by atomic mass is 32.1. The zero-order valence-electron chi connectivity index (χ0n) is 10.5.